The number of thioether (sulfide) groups is 1. The number of unbranched alkanes of at least 4 members (excludes halogenated alkanes) is 1. The first-order valence-electron chi connectivity index (χ1n) is 8.78. The minimum Gasteiger partial charge on any atom is -0.356 e. The minimum atomic E-state index is 0.0326. The van der Waals surface area contributed by atoms with Crippen LogP contribution >= 0.6 is 11.8 Å². The lowest BCUT2D eigenvalue weighted by molar-refractivity contribution is -0.127. The van der Waals surface area contributed by atoms with Gasteiger partial charge in [-0.1, -0.05) is 19.8 Å². The van der Waals surface area contributed by atoms with Crippen molar-refractivity contribution in [2.24, 2.45) is 10.9 Å². The summed E-state index contributed by atoms with van der Waals surface area (Å²) in [6.07, 6.45) is 9.54. The van der Waals surface area contributed by atoms with E-state index in [2.05, 4.69) is 28.8 Å². The first kappa shape index (κ1) is 20.1. The Labute approximate surface area is 146 Å². The summed E-state index contributed by atoms with van der Waals surface area (Å²) in [6, 6.07) is 0.468. The molecule has 0 radical (unpaired) electrons. The summed E-state index contributed by atoms with van der Waals surface area (Å²) < 4.78 is 0. The van der Waals surface area contributed by atoms with Gasteiger partial charge in [0, 0.05) is 26.7 Å². The van der Waals surface area contributed by atoms with Crippen LogP contribution in [0.3, 0.4) is 0 Å². The highest BCUT2D eigenvalue weighted by atomic mass is 32.2. The number of hydrogen-bond donors (Lipinski definition) is 2. The molecule has 2 unspecified atom stereocenters. The number of rotatable bonds is 8. The molecule has 1 fully saturated rings. The minimum absolute atomic E-state index is 0.0326. The van der Waals surface area contributed by atoms with Gasteiger partial charge in [-0.2, -0.15) is 11.8 Å². The van der Waals surface area contributed by atoms with Gasteiger partial charge >= 0.3 is 0 Å². The number of carbonyl (C=O) groups excluding carboxylic acids is 1. The van der Waals surface area contributed by atoms with Crippen LogP contribution in [0.1, 0.15) is 45.4 Å². The monoisotopic (exact) mass is 342 g/mol. The van der Waals surface area contributed by atoms with Crippen molar-refractivity contribution in [3.8, 4) is 0 Å². The van der Waals surface area contributed by atoms with E-state index in [0.29, 0.717) is 12.0 Å². The van der Waals surface area contributed by atoms with E-state index in [1.54, 1.807) is 19.0 Å². The Balaban J connectivity index is 2.52. The lowest BCUT2D eigenvalue weighted by atomic mass is 9.86. The fraction of sp³-hybridized carbons (Fsp3) is 0.882. The van der Waals surface area contributed by atoms with E-state index >= 15 is 0 Å². The molecule has 1 saturated carbocycles. The molecule has 0 spiro atoms. The SMILES string of the molecule is CSCCCCNC(=NCC(=O)N(C)C)NC1CCCCC1C. The molecule has 134 valence electrons. The second-order valence-electron chi connectivity index (χ2n) is 6.59. The molecule has 1 aliphatic carbocycles. The predicted octanol–water partition coefficient (Wildman–Crippen LogP) is 2.33. The van der Waals surface area contributed by atoms with E-state index in [4.69, 9.17) is 0 Å². The number of aliphatic imine (C=N–C) groups is 1. The standard InChI is InChI=1S/C17H34N4OS/c1-14-9-5-6-10-15(14)20-17(18-11-7-8-12-23-4)19-13-16(22)21(2)3/h14-15H,5-13H2,1-4H3,(H2,18,19,20). The van der Waals surface area contributed by atoms with E-state index in [1.165, 1.54) is 37.9 Å². The van der Waals surface area contributed by atoms with Crippen molar-refractivity contribution >= 4 is 23.6 Å². The van der Waals surface area contributed by atoms with Crippen LogP contribution in [-0.2, 0) is 4.79 Å². The van der Waals surface area contributed by atoms with E-state index in [0.717, 1.165) is 18.9 Å². The van der Waals surface area contributed by atoms with Crippen LogP contribution < -0.4 is 10.6 Å². The van der Waals surface area contributed by atoms with Gasteiger partial charge in [0.05, 0.1) is 0 Å². The zero-order valence-electron chi connectivity index (χ0n) is 15.2. The third-order valence-corrected chi connectivity index (χ3v) is 5.07. The van der Waals surface area contributed by atoms with Gasteiger partial charge in [0.25, 0.3) is 0 Å². The first-order valence-corrected chi connectivity index (χ1v) is 10.2. The van der Waals surface area contributed by atoms with Crippen LogP contribution in [0.25, 0.3) is 0 Å². The van der Waals surface area contributed by atoms with Crippen molar-refractivity contribution in [3.05, 3.63) is 0 Å². The number of hydrogen-bond acceptors (Lipinski definition) is 3. The molecule has 1 aliphatic rings. The van der Waals surface area contributed by atoms with Gasteiger partial charge < -0.3 is 15.5 Å². The largest absolute Gasteiger partial charge is 0.356 e. The van der Waals surface area contributed by atoms with Crippen molar-refractivity contribution < 1.29 is 4.79 Å². The summed E-state index contributed by atoms with van der Waals surface area (Å²) >= 11 is 1.88. The molecule has 0 aromatic rings. The zero-order chi connectivity index (χ0) is 17.1. The molecule has 23 heavy (non-hydrogen) atoms. The van der Waals surface area contributed by atoms with E-state index < -0.39 is 0 Å². The summed E-state index contributed by atoms with van der Waals surface area (Å²) in [7, 11) is 3.54. The molecule has 1 rings (SSSR count). The van der Waals surface area contributed by atoms with Crippen LogP contribution in [0.4, 0.5) is 0 Å². The lowest BCUT2D eigenvalue weighted by Gasteiger charge is -2.31. The van der Waals surface area contributed by atoms with Gasteiger partial charge in [-0.15, -0.1) is 0 Å². The van der Waals surface area contributed by atoms with Gasteiger partial charge in [0.2, 0.25) is 5.91 Å². The van der Waals surface area contributed by atoms with Crippen molar-refractivity contribution in [2.75, 3.05) is 39.2 Å². The molecule has 6 heteroatoms. The third-order valence-electron chi connectivity index (χ3n) is 4.37. The van der Waals surface area contributed by atoms with Gasteiger partial charge in [-0.25, -0.2) is 4.99 Å². The number of nitrogens with zero attached hydrogens (tertiary/aromatic N) is 2. The molecule has 5 nitrogen and oxygen atoms in total. The molecule has 0 aromatic carbocycles. The maximum Gasteiger partial charge on any atom is 0.243 e. The second kappa shape index (κ2) is 11.6. The average molecular weight is 343 g/mol. The quantitative estimate of drug-likeness (QED) is 0.404. The number of amides is 1. The number of guanidine groups is 1. The summed E-state index contributed by atoms with van der Waals surface area (Å²) in [6.45, 7) is 3.41. The maximum atomic E-state index is 11.8. The molecular formula is C17H34N4OS. The van der Waals surface area contributed by atoms with E-state index in [9.17, 15) is 4.79 Å². The van der Waals surface area contributed by atoms with Crippen LogP contribution in [0.5, 0.6) is 0 Å². The molecule has 0 bridgehead atoms. The molecular weight excluding hydrogens is 308 g/mol. The van der Waals surface area contributed by atoms with Crippen molar-refractivity contribution in [2.45, 2.75) is 51.5 Å². The maximum absolute atomic E-state index is 11.8. The van der Waals surface area contributed by atoms with Crippen LogP contribution in [0.2, 0.25) is 0 Å². The predicted molar refractivity (Wildman–Crippen MR) is 101 cm³/mol. The van der Waals surface area contributed by atoms with Gasteiger partial charge in [0.1, 0.15) is 6.54 Å². The van der Waals surface area contributed by atoms with E-state index in [-0.39, 0.29) is 12.5 Å². The molecule has 0 aliphatic heterocycles. The molecule has 2 N–H and O–H groups in total. The zero-order valence-corrected chi connectivity index (χ0v) is 16.0. The Morgan fingerprint density at radius 3 is 2.65 bits per heavy atom. The van der Waals surface area contributed by atoms with Crippen molar-refractivity contribution in [1.29, 1.82) is 0 Å². The van der Waals surface area contributed by atoms with Crippen LogP contribution in [0, 0.1) is 5.92 Å². The van der Waals surface area contributed by atoms with Gasteiger partial charge in [0.15, 0.2) is 5.96 Å². The highest BCUT2D eigenvalue weighted by molar-refractivity contribution is 7.98. The number of carbonyl (C=O) groups is 1. The van der Waals surface area contributed by atoms with E-state index in [1.807, 2.05) is 11.8 Å². The van der Waals surface area contributed by atoms with Gasteiger partial charge in [-0.3, -0.25) is 4.79 Å². The lowest BCUT2D eigenvalue weighted by Crippen LogP contribution is -2.47. The molecule has 1 amide bonds. The van der Waals surface area contributed by atoms with Crippen molar-refractivity contribution in [1.82, 2.24) is 15.5 Å². The van der Waals surface area contributed by atoms with Crippen LogP contribution in [-0.4, -0.2) is 62.0 Å². The topological polar surface area (TPSA) is 56.7 Å². The third kappa shape index (κ3) is 8.49. The number of likely N-dealkylation sites (N-methyl/N-ethyl adjacent to an activating group) is 1. The smallest absolute Gasteiger partial charge is 0.243 e. The van der Waals surface area contributed by atoms with Gasteiger partial charge in [-0.05, 0) is 43.6 Å². The number of nitrogens with one attached hydrogen (secondary N) is 2. The summed E-state index contributed by atoms with van der Waals surface area (Å²) in [5.74, 6) is 2.69. The Morgan fingerprint density at radius 2 is 2.00 bits per heavy atom. The Bertz CT molecular complexity index is 374. The normalized spacial score (nSPS) is 21.8. The molecule has 0 saturated heterocycles. The molecule has 0 heterocycles. The highest BCUT2D eigenvalue weighted by Crippen LogP contribution is 2.23. The fourth-order valence-corrected chi connectivity index (χ4v) is 3.22. The van der Waals surface area contributed by atoms with Crippen LogP contribution in [0.15, 0.2) is 4.99 Å². The second-order valence-corrected chi connectivity index (χ2v) is 7.58. The summed E-state index contributed by atoms with van der Waals surface area (Å²) in [4.78, 5) is 17.9. The summed E-state index contributed by atoms with van der Waals surface area (Å²) in [5.41, 5.74) is 0. The Kier molecular flexibility index (Phi) is 10.2. The average Bonchev–Trinajstić information content (AvgIpc) is 2.53. The molecule has 0 aromatic heterocycles. The molecule has 2 atom stereocenters. The summed E-state index contributed by atoms with van der Waals surface area (Å²) in [5, 5.41) is 6.95. The van der Waals surface area contributed by atoms with Crippen molar-refractivity contribution in [3.63, 3.8) is 0 Å². The fourth-order valence-electron chi connectivity index (χ4n) is 2.73. The first-order chi connectivity index (χ1) is 11.0. The highest BCUT2D eigenvalue weighted by Gasteiger charge is 2.22. The Morgan fingerprint density at radius 1 is 1.26 bits per heavy atom. The Hall–Kier alpha value is -0.910.